The fourth-order valence-electron chi connectivity index (χ4n) is 3.42. The quantitative estimate of drug-likeness (QED) is 0.583. The largest absolute Gasteiger partial charge is 0.383 e. The van der Waals surface area contributed by atoms with Crippen LogP contribution in [0.15, 0.2) is 42.6 Å². The molecular formula is C24H32N4O2. The zero-order chi connectivity index (χ0) is 21.9. The molecule has 6 heteroatoms. The van der Waals surface area contributed by atoms with Gasteiger partial charge < -0.3 is 19.9 Å². The summed E-state index contributed by atoms with van der Waals surface area (Å²) in [4.78, 5) is 17.8. The van der Waals surface area contributed by atoms with Crippen molar-refractivity contribution in [1.82, 2.24) is 14.9 Å². The Labute approximate surface area is 178 Å². The predicted octanol–water partition coefficient (Wildman–Crippen LogP) is 4.90. The normalized spacial score (nSPS) is 12.7. The molecule has 0 saturated heterocycles. The minimum absolute atomic E-state index is 0.0467. The number of methoxy groups -OCH3 is 1. The lowest BCUT2D eigenvalue weighted by Gasteiger charge is -2.19. The first-order valence-corrected chi connectivity index (χ1v) is 10.3. The van der Waals surface area contributed by atoms with Crippen LogP contribution >= 0.6 is 0 Å². The summed E-state index contributed by atoms with van der Waals surface area (Å²) in [7, 11) is 1.63. The van der Waals surface area contributed by atoms with E-state index < -0.39 is 0 Å². The van der Waals surface area contributed by atoms with Gasteiger partial charge in [0.2, 0.25) is 0 Å². The molecule has 2 N–H and O–H groups in total. The topological polar surface area (TPSA) is 68.2 Å². The molecular weight excluding hydrogens is 376 g/mol. The molecule has 2 aromatic heterocycles. The molecule has 2 heterocycles. The molecule has 0 aliphatic heterocycles. The van der Waals surface area contributed by atoms with Crippen molar-refractivity contribution in [2.75, 3.05) is 19.0 Å². The van der Waals surface area contributed by atoms with Gasteiger partial charge >= 0.3 is 0 Å². The molecule has 0 aliphatic rings. The number of ether oxygens (including phenoxy) is 1. The van der Waals surface area contributed by atoms with Gasteiger partial charge in [0.05, 0.1) is 12.2 Å². The number of amides is 1. The first-order chi connectivity index (χ1) is 14.2. The van der Waals surface area contributed by atoms with Crippen LogP contribution < -0.4 is 10.6 Å². The van der Waals surface area contributed by atoms with E-state index >= 15 is 0 Å². The van der Waals surface area contributed by atoms with Crippen LogP contribution in [0.25, 0.3) is 11.0 Å². The van der Waals surface area contributed by atoms with Gasteiger partial charge in [-0.15, -0.1) is 0 Å². The SMILES string of the molecule is COCC(C)NC(=O)c1cn(CC(C)(C)C)c2nc(Nc3ccc(C)cc3)ccc12. The number of aromatic nitrogens is 2. The van der Waals surface area contributed by atoms with Crippen LogP contribution in [0.5, 0.6) is 0 Å². The number of hydrogen-bond donors (Lipinski definition) is 2. The molecule has 1 aromatic carbocycles. The summed E-state index contributed by atoms with van der Waals surface area (Å²) >= 11 is 0. The van der Waals surface area contributed by atoms with E-state index in [1.165, 1.54) is 5.56 Å². The van der Waals surface area contributed by atoms with Gasteiger partial charge in [0.15, 0.2) is 0 Å². The van der Waals surface area contributed by atoms with E-state index in [2.05, 4.69) is 55.0 Å². The lowest BCUT2D eigenvalue weighted by atomic mass is 9.97. The van der Waals surface area contributed by atoms with E-state index in [-0.39, 0.29) is 17.4 Å². The van der Waals surface area contributed by atoms with Crippen molar-refractivity contribution >= 4 is 28.4 Å². The Bertz CT molecular complexity index is 1020. The van der Waals surface area contributed by atoms with Crippen molar-refractivity contribution in [1.29, 1.82) is 0 Å². The predicted molar refractivity (Wildman–Crippen MR) is 122 cm³/mol. The number of carbonyl (C=O) groups is 1. The summed E-state index contributed by atoms with van der Waals surface area (Å²) in [5, 5.41) is 7.21. The van der Waals surface area contributed by atoms with Crippen LogP contribution in [0, 0.1) is 12.3 Å². The van der Waals surface area contributed by atoms with Crippen LogP contribution in [-0.2, 0) is 11.3 Å². The number of aryl methyl sites for hydroxylation is 1. The van der Waals surface area contributed by atoms with Gasteiger partial charge in [-0.25, -0.2) is 4.98 Å². The molecule has 1 unspecified atom stereocenters. The van der Waals surface area contributed by atoms with Gasteiger partial charge in [0.1, 0.15) is 11.5 Å². The zero-order valence-electron chi connectivity index (χ0n) is 18.7. The van der Waals surface area contributed by atoms with E-state index in [1.54, 1.807) is 7.11 Å². The monoisotopic (exact) mass is 408 g/mol. The summed E-state index contributed by atoms with van der Waals surface area (Å²) < 4.78 is 7.21. The first kappa shape index (κ1) is 21.8. The summed E-state index contributed by atoms with van der Waals surface area (Å²) in [6.45, 7) is 11.7. The second-order valence-corrected chi connectivity index (χ2v) is 9.12. The highest BCUT2D eigenvalue weighted by molar-refractivity contribution is 6.06. The van der Waals surface area contributed by atoms with Crippen LogP contribution in [0.1, 0.15) is 43.6 Å². The van der Waals surface area contributed by atoms with Crippen molar-refractivity contribution in [3.8, 4) is 0 Å². The van der Waals surface area contributed by atoms with Crippen LogP contribution in [0.2, 0.25) is 0 Å². The highest BCUT2D eigenvalue weighted by atomic mass is 16.5. The number of nitrogens with zero attached hydrogens (tertiary/aromatic N) is 2. The van der Waals surface area contributed by atoms with Gasteiger partial charge in [0, 0.05) is 37.0 Å². The Balaban J connectivity index is 1.97. The van der Waals surface area contributed by atoms with E-state index in [0.29, 0.717) is 12.2 Å². The maximum atomic E-state index is 12.9. The van der Waals surface area contributed by atoms with Gasteiger partial charge in [0.25, 0.3) is 5.91 Å². The third-order valence-electron chi connectivity index (χ3n) is 4.73. The van der Waals surface area contributed by atoms with Crippen molar-refractivity contribution in [2.24, 2.45) is 5.41 Å². The Morgan fingerprint density at radius 1 is 1.17 bits per heavy atom. The number of pyridine rings is 1. The van der Waals surface area contributed by atoms with Gasteiger partial charge in [-0.1, -0.05) is 38.5 Å². The number of benzene rings is 1. The van der Waals surface area contributed by atoms with Gasteiger partial charge in [-0.05, 0) is 43.5 Å². The Morgan fingerprint density at radius 2 is 1.87 bits per heavy atom. The minimum Gasteiger partial charge on any atom is -0.383 e. The number of carbonyl (C=O) groups excluding carboxylic acids is 1. The van der Waals surface area contributed by atoms with Crippen molar-refractivity contribution < 1.29 is 9.53 Å². The molecule has 0 aliphatic carbocycles. The average Bonchev–Trinajstić information content (AvgIpc) is 3.00. The van der Waals surface area contributed by atoms with Gasteiger partial charge in [-0.3, -0.25) is 4.79 Å². The maximum Gasteiger partial charge on any atom is 0.253 e. The van der Waals surface area contributed by atoms with E-state index in [4.69, 9.17) is 9.72 Å². The number of fused-ring (bicyclic) bond motifs is 1. The summed E-state index contributed by atoms with van der Waals surface area (Å²) in [6.07, 6.45) is 1.91. The standard InChI is InChI=1S/C24H32N4O2/c1-16-7-9-18(10-8-16)26-21-12-11-19-20(23(29)25-17(2)14-30-6)13-28(22(19)27-21)15-24(3,4)5/h7-13,17H,14-15H2,1-6H3,(H,25,29)(H,26,27). The molecule has 3 rings (SSSR count). The van der Waals surface area contributed by atoms with E-state index in [0.717, 1.165) is 29.1 Å². The van der Waals surface area contributed by atoms with Gasteiger partial charge in [-0.2, -0.15) is 0 Å². The fraction of sp³-hybridized carbons (Fsp3) is 0.417. The maximum absolute atomic E-state index is 12.9. The number of anilines is 2. The molecule has 0 fully saturated rings. The zero-order valence-corrected chi connectivity index (χ0v) is 18.7. The van der Waals surface area contributed by atoms with Crippen molar-refractivity contribution in [3.05, 3.63) is 53.7 Å². The summed E-state index contributed by atoms with van der Waals surface area (Å²) in [5.41, 5.74) is 3.66. The van der Waals surface area contributed by atoms with Crippen molar-refractivity contribution in [3.63, 3.8) is 0 Å². The molecule has 0 radical (unpaired) electrons. The smallest absolute Gasteiger partial charge is 0.253 e. The molecule has 0 saturated carbocycles. The Morgan fingerprint density at radius 3 is 2.50 bits per heavy atom. The number of nitrogens with one attached hydrogen (secondary N) is 2. The number of rotatable bonds is 7. The van der Waals surface area contributed by atoms with Crippen molar-refractivity contribution in [2.45, 2.75) is 47.2 Å². The third-order valence-corrected chi connectivity index (χ3v) is 4.73. The molecule has 6 nitrogen and oxygen atoms in total. The summed E-state index contributed by atoms with van der Waals surface area (Å²) in [6, 6.07) is 12.0. The van der Waals surface area contributed by atoms with Crippen LogP contribution in [-0.4, -0.2) is 35.2 Å². The lowest BCUT2D eigenvalue weighted by molar-refractivity contribution is 0.0907. The minimum atomic E-state index is -0.113. The average molecular weight is 409 g/mol. The highest BCUT2D eigenvalue weighted by Crippen LogP contribution is 2.27. The Hall–Kier alpha value is -2.86. The fourth-order valence-corrected chi connectivity index (χ4v) is 3.42. The first-order valence-electron chi connectivity index (χ1n) is 10.3. The Kier molecular flexibility index (Phi) is 6.46. The second kappa shape index (κ2) is 8.88. The number of hydrogen-bond acceptors (Lipinski definition) is 4. The van der Waals surface area contributed by atoms with Crippen LogP contribution in [0.3, 0.4) is 0 Å². The van der Waals surface area contributed by atoms with E-state index in [9.17, 15) is 4.79 Å². The molecule has 1 atom stereocenters. The lowest BCUT2D eigenvalue weighted by Crippen LogP contribution is -2.35. The molecule has 1 amide bonds. The molecule has 3 aromatic rings. The summed E-state index contributed by atoms with van der Waals surface area (Å²) in [5.74, 6) is 0.637. The second-order valence-electron chi connectivity index (χ2n) is 9.12. The molecule has 160 valence electrons. The van der Waals surface area contributed by atoms with Crippen LogP contribution in [0.4, 0.5) is 11.5 Å². The third kappa shape index (κ3) is 5.39. The van der Waals surface area contributed by atoms with E-state index in [1.807, 2.05) is 37.4 Å². The molecule has 30 heavy (non-hydrogen) atoms. The highest BCUT2D eigenvalue weighted by Gasteiger charge is 2.21. The molecule has 0 spiro atoms. The molecule has 0 bridgehead atoms.